The van der Waals surface area contributed by atoms with Crippen molar-refractivity contribution in [2.24, 2.45) is 17.3 Å². The van der Waals surface area contributed by atoms with Crippen LogP contribution in [0.3, 0.4) is 0 Å². The second-order valence-electron chi connectivity index (χ2n) is 6.70. The molecule has 0 aliphatic heterocycles. The van der Waals surface area contributed by atoms with E-state index in [1.165, 1.54) is 0 Å². The highest BCUT2D eigenvalue weighted by atomic mass is 16.2. The molecule has 0 atom stereocenters. The summed E-state index contributed by atoms with van der Waals surface area (Å²) in [5, 5.41) is 9.31. The zero-order chi connectivity index (χ0) is 14.5. The number of nitriles is 1. The Morgan fingerprint density at radius 2 is 1.63 bits per heavy atom. The highest BCUT2D eigenvalue weighted by Crippen LogP contribution is 2.42. The summed E-state index contributed by atoms with van der Waals surface area (Å²) in [5.41, 5.74) is -0.687. The third-order valence-electron chi connectivity index (χ3n) is 4.07. The molecule has 1 amide bonds. The van der Waals surface area contributed by atoms with E-state index in [-0.39, 0.29) is 5.91 Å². The molecule has 1 rings (SSSR count). The summed E-state index contributed by atoms with van der Waals surface area (Å²) in [6.07, 6.45) is 4.56. The minimum Gasteiger partial charge on any atom is -0.341 e. The summed E-state index contributed by atoms with van der Waals surface area (Å²) in [6, 6.07) is 2.28. The molecule has 1 saturated carbocycles. The zero-order valence-corrected chi connectivity index (χ0v) is 12.9. The van der Waals surface area contributed by atoms with Gasteiger partial charge in [0.15, 0.2) is 0 Å². The van der Waals surface area contributed by atoms with Gasteiger partial charge in [-0.05, 0) is 43.9 Å². The van der Waals surface area contributed by atoms with Crippen molar-refractivity contribution in [2.45, 2.75) is 59.8 Å². The maximum absolute atomic E-state index is 12.6. The third-order valence-corrected chi connectivity index (χ3v) is 4.07. The molecule has 0 heterocycles. The summed E-state index contributed by atoms with van der Waals surface area (Å²) in [7, 11) is 0. The molecular weight excluding hydrogens is 236 g/mol. The number of rotatable bonds is 7. The fraction of sp³-hybridized carbons (Fsp3) is 0.875. The smallest absolute Gasteiger partial charge is 0.243 e. The average molecular weight is 264 g/mol. The van der Waals surface area contributed by atoms with E-state index in [4.69, 9.17) is 0 Å². The van der Waals surface area contributed by atoms with Crippen molar-refractivity contribution in [3.8, 4) is 6.07 Å². The van der Waals surface area contributed by atoms with Crippen LogP contribution in [0.4, 0.5) is 0 Å². The molecule has 0 aromatic carbocycles. The third kappa shape index (κ3) is 4.23. The Bertz CT molecular complexity index is 325. The van der Waals surface area contributed by atoms with E-state index in [2.05, 4.69) is 33.8 Å². The summed E-state index contributed by atoms with van der Waals surface area (Å²) < 4.78 is 0. The lowest BCUT2D eigenvalue weighted by Crippen LogP contribution is -2.48. The van der Waals surface area contributed by atoms with E-state index in [0.29, 0.717) is 11.8 Å². The standard InChI is InChI=1S/C16H28N2O/c1-13(2)6-10-18(11-7-14(3)4)15(19)16(12-17)8-5-9-16/h13-14H,5-11H2,1-4H3. The molecule has 1 aliphatic carbocycles. The molecule has 0 bridgehead atoms. The monoisotopic (exact) mass is 264 g/mol. The zero-order valence-electron chi connectivity index (χ0n) is 12.9. The quantitative estimate of drug-likeness (QED) is 0.705. The van der Waals surface area contributed by atoms with Gasteiger partial charge in [0.05, 0.1) is 6.07 Å². The first kappa shape index (κ1) is 16.0. The molecule has 3 nitrogen and oxygen atoms in total. The molecule has 0 radical (unpaired) electrons. The van der Waals surface area contributed by atoms with Crippen LogP contribution in [0.25, 0.3) is 0 Å². The van der Waals surface area contributed by atoms with Gasteiger partial charge in [-0.25, -0.2) is 0 Å². The van der Waals surface area contributed by atoms with Gasteiger partial charge in [0.1, 0.15) is 5.41 Å². The number of carbonyl (C=O) groups is 1. The second kappa shape index (κ2) is 6.93. The van der Waals surface area contributed by atoms with Gasteiger partial charge in [0.2, 0.25) is 5.91 Å². The number of carbonyl (C=O) groups excluding carboxylic acids is 1. The van der Waals surface area contributed by atoms with E-state index in [1.807, 2.05) is 4.90 Å². The van der Waals surface area contributed by atoms with Gasteiger partial charge >= 0.3 is 0 Å². The molecule has 108 valence electrons. The SMILES string of the molecule is CC(C)CCN(CCC(C)C)C(=O)C1(C#N)CCC1. The van der Waals surface area contributed by atoms with Gasteiger partial charge in [-0.1, -0.05) is 27.7 Å². The normalized spacial score (nSPS) is 17.1. The van der Waals surface area contributed by atoms with Crippen LogP contribution in [-0.2, 0) is 4.79 Å². The Kier molecular flexibility index (Phi) is 5.85. The molecule has 0 unspecified atom stereocenters. The summed E-state index contributed by atoms with van der Waals surface area (Å²) >= 11 is 0. The average Bonchev–Trinajstić information content (AvgIpc) is 2.27. The molecule has 0 aromatic heterocycles. The predicted octanol–water partition coefficient (Wildman–Crippen LogP) is 3.60. The van der Waals surface area contributed by atoms with Crippen LogP contribution in [0.15, 0.2) is 0 Å². The number of hydrogen-bond donors (Lipinski definition) is 0. The Morgan fingerprint density at radius 3 is 1.89 bits per heavy atom. The first-order valence-corrected chi connectivity index (χ1v) is 7.62. The van der Waals surface area contributed by atoms with E-state index in [1.54, 1.807) is 0 Å². The Balaban J connectivity index is 2.66. The van der Waals surface area contributed by atoms with Crippen molar-refractivity contribution in [2.75, 3.05) is 13.1 Å². The molecule has 1 aliphatic rings. The maximum atomic E-state index is 12.6. The van der Waals surface area contributed by atoms with Crippen LogP contribution >= 0.6 is 0 Å². The van der Waals surface area contributed by atoms with Crippen LogP contribution in [0.2, 0.25) is 0 Å². The molecule has 0 saturated heterocycles. The maximum Gasteiger partial charge on any atom is 0.243 e. The van der Waals surface area contributed by atoms with Gasteiger partial charge in [-0.2, -0.15) is 5.26 Å². The number of hydrogen-bond acceptors (Lipinski definition) is 2. The molecule has 0 N–H and O–H groups in total. The van der Waals surface area contributed by atoms with E-state index in [0.717, 1.165) is 45.2 Å². The number of nitrogens with zero attached hydrogens (tertiary/aromatic N) is 2. The second-order valence-corrected chi connectivity index (χ2v) is 6.70. The van der Waals surface area contributed by atoms with Crippen LogP contribution in [0.5, 0.6) is 0 Å². The summed E-state index contributed by atoms with van der Waals surface area (Å²) in [4.78, 5) is 14.6. The molecule has 0 aromatic rings. The molecule has 19 heavy (non-hydrogen) atoms. The first-order valence-electron chi connectivity index (χ1n) is 7.62. The Labute approximate surface area is 118 Å². The minimum atomic E-state index is -0.687. The van der Waals surface area contributed by atoms with Crippen molar-refractivity contribution in [3.63, 3.8) is 0 Å². The highest BCUT2D eigenvalue weighted by molar-refractivity contribution is 5.86. The predicted molar refractivity (Wildman–Crippen MR) is 77.4 cm³/mol. The van der Waals surface area contributed by atoms with Crippen molar-refractivity contribution in [1.29, 1.82) is 5.26 Å². The number of amides is 1. The minimum absolute atomic E-state index is 0.0857. The van der Waals surface area contributed by atoms with E-state index >= 15 is 0 Å². The van der Waals surface area contributed by atoms with E-state index in [9.17, 15) is 10.1 Å². The van der Waals surface area contributed by atoms with Gasteiger partial charge in [0.25, 0.3) is 0 Å². The largest absolute Gasteiger partial charge is 0.341 e. The lowest BCUT2D eigenvalue weighted by molar-refractivity contribution is -0.143. The molecule has 3 heteroatoms. The van der Waals surface area contributed by atoms with Gasteiger partial charge in [0, 0.05) is 13.1 Å². The van der Waals surface area contributed by atoms with Gasteiger partial charge in [-0.15, -0.1) is 0 Å². The molecule has 0 spiro atoms. The van der Waals surface area contributed by atoms with Crippen LogP contribution in [0, 0.1) is 28.6 Å². The van der Waals surface area contributed by atoms with Crippen molar-refractivity contribution >= 4 is 5.91 Å². The Hall–Kier alpha value is -1.04. The Morgan fingerprint density at radius 1 is 1.16 bits per heavy atom. The fourth-order valence-corrected chi connectivity index (χ4v) is 2.35. The lowest BCUT2D eigenvalue weighted by atomic mass is 9.69. The van der Waals surface area contributed by atoms with Crippen molar-refractivity contribution in [3.05, 3.63) is 0 Å². The first-order chi connectivity index (χ1) is 8.91. The highest BCUT2D eigenvalue weighted by Gasteiger charge is 2.46. The van der Waals surface area contributed by atoms with Crippen LogP contribution < -0.4 is 0 Å². The van der Waals surface area contributed by atoms with Gasteiger partial charge in [-0.3, -0.25) is 4.79 Å². The topological polar surface area (TPSA) is 44.1 Å². The molecular formula is C16H28N2O. The molecule has 1 fully saturated rings. The fourth-order valence-electron chi connectivity index (χ4n) is 2.35. The van der Waals surface area contributed by atoms with Crippen LogP contribution in [0.1, 0.15) is 59.8 Å². The van der Waals surface area contributed by atoms with Crippen molar-refractivity contribution < 1.29 is 4.79 Å². The summed E-state index contributed by atoms with van der Waals surface area (Å²) in [6.45, 7) is 10.3. The van der Waals surface area contributed by atoms with Crippen LogP contribution in [-0.4, -0.2) is 23.9 Å². The van der Waals surface area contributed by atoms with Gasteiger partial charge < -0.3 is 4.90 Å². The van der Waals surface area contributed by atoms with E-state index < -0.39 is 5.41 Å². The summed E-state index contributed by atoms with van der Waals surface area (Å²) in [5.74, 6) is 1.27. The van der Waals surface area contributed by atoms with Crippen molar-refractivity contribution in [1.82, 2.24) is 4.90 Å². The lowest BCUT2D eigenvalue weighted by Gasteiger charge is -2.38.